The van der Waals surface area contributed by atoms with Crippen molar-refractivity contribution in [2.45, 2.75) is 25.3 Å². The van der Waals surface area contributed by atoms with E-state index in [-0.39, 0.29) is 23.4 Å². The highest BCUT2D eigenvalue weighted by atomic mass is 32.1. The third-order valence-corrected chi connectivity index (χ3v) is 7.60. The van der Waals surface area contributed by atoms with Gasteiger partial charge in [0.15, 0.2) is 5.01 Å². The van der Waals surface area contributed by atoms with Crippen LogP contribution in [0.2, 0.25) is 0 Å². The summed E-state index contributed by atoms with van der Waals surface area (Å²) in [4.78, 5) is 19.9. The Bertz CT molecular complexity index is 1510. The molecule has 180 valence electrons. The molecule has 0 atom stereocenters. The van der Waals surface area contributed by atoms with Gasteiger partial charge in [-0.3, -0.25) is 9.69 Å². The Hall–Kier alpha value is -3.75. The third-order valence-electron chi connectivity index (χ3n) is 6.58. The molecule has 1 saturated heterocycles. The van der Waals surface area contributed by atoms with Gasteiger partial charge >= 0.3 is 0 Å². The van der Waals surface area contributed by atoms with E-state index in [4.69, 9.17) is 4.42 Å². The molecular weight excluding hydrogens is 475 g/mol. The lowest BCUT2D eigenvalue weighted by Crippen LogP contribution is -2.32. The van der Waals surface area contributed by atoms with Gasteiger partial charge in [0.2, 0.25) is 5.89 Å². The highest BCUT2D eigenvalue weighted by Crippen LogP contribution is 2.31. The van der Waals surface area contributed by atoms with Crippen LogP contribution in [0.5, 0.6) is 0 Å². The normalized spacial score (nSPS) is 14.9. The Balaban J connectivity index is 1.12. The highest BCUT2D eigenvalue weighted by Gasteiger charge is 2.27. The van der Waals surface area contributed by atoms with Crippen LogP contribution in [-0.4, -0.2) is 39.0 Å². The summed E-state index contributed by atoms with van der Waals surface area (Å²) in [5.74, 6) is 0.0487. The molecule has 3 aromatic carbocycles. The van der Waals surface area contributed by atoms with Crippen molar-refractivity contribution in [1.82, 2.24) is 20.1 Å². The van der Waals surface area contributed by atoms with E-state index >= 15 is 0 Å². The van der Waals surface area contributed by atoms with Crippen LogP contribution in [0.1, 0.15) is 45.9 Å². The topological polar surface area (TPSA) is 72.1 Å². The first kappa shape index (κ1) is 22.7. The third kappa shape index (κ3) is 4.69. The molecule has 0 unspecified atom stereocenters. The molecule has 0 aliphatic carbocycles. The minimum absolute atomic E-state index is 0.0129. The fraction of sp³-hybridized carbons (Fsp3) is 0.214. The smallest absolute Gasteiger partial charge is 0.291 e. The Kier molecular flexibility index (Phi) is 6.13. The van der Waals surface area contributed by atoms with Gasteiger partial charge in [-0.1, -0.05) is 48.5 Å². The molecule has 0 radical (unpaired) electrons. The van der Waals surface area contributed by atoms with E-state index in [0.717, 1.165) is 59.4 Å². The summed E-state index contributed by atoms with van der Waals surface area (Å²) in [6, 6.07) is 22.7. The monoisotopic (exact) mass is 498 g/mol. The standard InChI is InChI=1S/C28H23FN4O2S/c29-22-9-6-18(7-10-22)17-33-14-12-20(13-15-33)26-31-32-27(35-26)25(34)28-30-23-11-8-21(16-24(23)36-28)19-4-2-1-3-5-19/h1-11,16,20H,12-15,17H2. The number of carbonyl (C=O) groups excluding carboxylic acids is 1. The number of hydrogen-bond donors (Lipinski definition) is 0. The van der Waals surface area contributed by atoms with Gasteiger partial charge in [-0.25, -0.2) is 9.37 Å². The SMILES string of the molecule is O=C(c1nnc(C2CCN(Cc3ccc(F)cc3)CC2)o1)c1nc2ccc(-c3ccccc3)cc2s1. The molecule has 6 rings (SSSR count). The van der Waals surface area contributed by atoms with Gasteiger partial charge in [0.05, 0.1) is 10.2 Å². The van der Waals surface area contributed by atoms with Crippen LogP contribution in [0.15, 0.2) is 77.2 Å². The number of halogens is 1. The van der Waals surface area contributed by atoms with E-state index in [0.29, 0.717) is 10.9 Å². The number of carbonyl (C=O) groups is 1. The molecule has 2 aromatic heterocycles. The van der Waals surface area contributed by atoms with Crippen LogP contribution in [0.4, 0.5) is 4.39 Å². The summed E-state index contributed by atoms with van der Waals surface area (Å²) >= 11 is 1.34. The molecule has 6 nitrogen and oxygen atoms in total. The van der Waals surface area contributed by atoms with E-state index in [1.165, 1.54) is 23.5 Å². The van der Waals surface area contributed by atoms with Crippen LogP contribution < -0.4 is 0 Å². The van der Waals surface area contributed by atoms with Gasteiger partial charge < -0.3 is 4.42 Å². The molecule has 0 spiro atoms. The van der Waals surface area contributed by atoms with Crippen molar-refractivity contribution in [3.63, 3.8) is 0 Å². The Morgan fingerprint density at radius 2 is 1.75 bits per heavy atom. The predicted molar refractivity (Wildman–Crippen MR) is 136 cm³/mol. The van der Waals surface area contributed by atoms with Gasteiger partial charge in [-0.15, -0.1) is 21.5 Å². The maximum atomic E-state index is 13.1. The molecule has 1 aliphatic rings. The van der Waals surface area contributed by atoms with Crippen LogP contribution in [-0.2, 0) is 6.54 Å². The first-order chi connectivity index (χ1) is 17.6. The predicted octanol–water partition coefficient (Wildman–Crippen LogP) is 6.10. The number of ketones is 1. The molecule has 3 heterocycles. The lowest BCUT2D eigenvalue weighted by molar-refractivity contribution is 0.0998. The summed E-state index contributed by atoms with van der Waals surface area (Å²) in [5, 5.41) is 8.59. The number of likely N-dealkylation sites (tertiary alicyclic amines) is 1. The second kappa shape index (κ2) is 9.72. The lowest BCUT2D eigenvalue weighted by atomic mass is 9.96. The molecule has 36 heavy (non-hydrogen) atoms. The van der Waals surface area contributed by atoms with E-state index in [2.05, 4.69) is 38.3 Å². The Morgan fingerprint density at radius 1 is 0.972 bits per heavy atom. The first-order valence-electron chi connectivity index (χ1n) is 11.9. The van der Waals surface area contributed by atoms with E-state index in [1.807, 2.05) is 42.5 Å². The number of rotatable bonds is 6. The van der Waals surface area contributed by atoms with Gasteiger partial charge in [0.1, 0.15) is 5.82 Å². The van der Waals surface area contributed by atoms with Crippen LogP contribution >= 0.6 is 11.3 Å². The summed E-state index contributed by atoms with van der Waals surface area (Å²) in [6.07, 6.45) is 1.72. The molecule has 0 amide bonds. The molecule has 1 fully saturated rings. The van der Waals surface area contributed by atoms with Crippen molar-refractivity contribution in [3.8, 4) is 11.1 Å². The Labute approximate surface area is 211 Å². The minimum Gasteiger partial charge on any atom is -0.418 e. The molecule has 1 aliphatic heterocycles. The van der Waals surface area contributed by atoms with Crippen molar-refractivity contribution < 1.29 is 13.6 Å². The summed E-state index contributed by atoms with van der Waals surface area (Å²) < 4.78 is 19.9. The van der Waals surface area contributed by atoms with Gasteiger partial charge in [-0.2, -0.15) is 0 Å². The number of aromatic nitrogens is 3. The van der Waals surface area contributed by atoms with Crippen molar-refractivity contribution in [3.05, 3.63) is 101 Å². The van der Waals surface area contributed by atoms with Gasteiger partial charge in [0, 0.05) is 12.5 Å². The molecule has 8 heteroatoms. The van der Waals surface area contributed by atoms with Crippen molar-refractivity contribution in [1.29, 1.82) is 0 Å². The number of benzene rings is 3. The summed E-state index contributed by atoms with van der Waals surface area (Å²) in [5.41, 5.74) is 4.06. The van der Waals surface area contributed by atoms with Crippen molar-refractivity contribution in [2.24, 2.45) is 0 Å². The maximum Gasteiger partial charge on any atom is 0.291 e. The maximum absolute atomic E-state index is 13.1. The zero-order chi connectivity index (χ0) is 24.5. The molecule has 0 N–H and O–H groups in total. The number of thiazole rings is 1. The first-order valence-corrected chi connectivity index (χ1v) is 12.7. The van der Waals surface area contributed by atoms with Crippen molar-refractivity contribution >= 4 is 27.3 Å². The lowest BCUT2D eigenvalue weighted by Gasteiger charge is -2.30. The number of nitrogens with zero attached hydrogens (tertiary/aromatic N) is 4. The number of hydrogen-bond acceptors (Lipinski definition) is 7. The van der Waals surface area contributed by atoms with Crippen LogP contribution in [0.25, 0.3) is 21.3 Å². The zero-order valence-corrected chi connectivity index (χ0v) is 20.2. The Morgan fingerprint density at radius 3 is 2.53 bits per heavy atom. The molecule has 5 aromatic rings. The second-order valence-electron chi connectivity index (χ2n) is 9.02. The van der Waals surface area contributed by atoms with Crippen molar-refractivity contribution in [2.75, 3.05) is 13.1 Å². The second-order valence-corrected chi connectivity index (χ2v) is 10.0. The van der Waals surface area contributed by atoms with E-state index in [1.54, 1.807) is 0 Å². The van der Waals surface area contributed by atoms with E-state index < -0.39 is 0 Å². The highest BCUT2D eigenvalue weighted by molar-refractivity contribution is 7.20. The molecular formula is C28H23FN4O2S. The minimum atomic E-state index is -0.343. The fourth-order valence-corrected chi connectivity index (χ4v) is 5.54. The summed E-state index contributed by atoms with van der Waals surface area (Å²) in [6.45, 7) is 2.52. The average Bonchev–Trinajstić information content (AvgIpc) is 3.58. The zero-order valence-electron chi connectivity index (χ0n) is 19.4. The quantitative estimate of drug-likeness (QED) is 0.264. The average molecular weight is 499 g/mol. The van der Waals surface area contributed by atoms with Gasteiger partial charge in [-0.05, 0) is 66.9 Å². The van der Waals surface area contributed by atoms with Crippen LogP contribution in [0, 0.1) is 5.82 Å². The van der Waals surface area contributed by atoms with Crippen LogP contribution in [0.3, 0.4) is 0 Å². The number of fused-ring (bicyclic) bond motifs is 1. The van der Waals surface area contributed by atoms with Gasteiger partial charge in [0.25, 0.3) is 11.7 Å². The largest absolute Gasteiger partial charge is 0.418 e. The fourth-order valence-electron chi connectivity index (χ4n) is 4.60. The summed E-state index contributed by atoms with van der Waals surface area (Å²) in [7, 11) is 0. The molecule has 0 bridgehead atoms. The number of piperidine rings is 1. The molecule has 0 saturated carbocycles. The van der Waals surface area contributed by atoms with E-state index in [9.17, 15) is 9.18 Å².